The van der Waals surface area contributed by atoms with Gasteiger partial charge in [0.25, 0.3) is 0 Å². The zero-order chi connectivity index (χ0) is 36.1. The molecule has 1 spiro atoms. The van der Waals surface area contributed by atoms with Crippen molar-refractivity contribution in [3.05, 3.63) is 54.0 Å². The number of nitriles is 1. The Kier molecular flexibility index (Phi) is 14.8. The van der Waals surface area contributed by atoms with E-state index in [0.29, 0.717) is 12.3 Å². The minimum atomic E-state index is -5.08. The van der Waals surface area contributed by atoms with Gasteiger partial charge >= 0.3 is 36.4 Å². The van der Waals surface area contributed by atoms with Gasteiger partial charge in [-0.3, -0.25) is 9.88 Å². The van der Waals surface area contributed by atoms with Crippen molar-refractivity contribution in [2.24, 2.45) is 0 Å². The first-order chi connectivity index (χ1) is 21.6. The Morgan fingerprint density at radius 2 is 1.45 bits per heavy atom. The number of halogens is 9. The Morgan fingerprint density at radius 1 is 0.936 bits per heavy atom. The van der Waals surface area contributed by atoms with E-state index in [0.717, 1.165) is 44.7 Å². The molecule has 2 aromatic rings. The second-order valence-corrected chi connectivity index (χ2v) is 9.64. The molecule has 47 heavy (non-hydrogen) atoms. The fourth-order valence-corrected chi connectivity index (χ4v) is 4.08. The van der Waals surface area contributed by atoms with E-state index in [1.54, 1.807) is 6.07 Å². The molecular weight excluding hydrogens is 665 g/mol. The molecule has 2 unspecified atom stereocenters. The zero-order valence-electron chi connectivity index (χ0n) is 23.7. The number of carbonyl (C=O) groups is 3. The average molecular weight is 692 g/mol. The number of hydrogen-bond donors (Lipinski definition) is 4. The number of piperidine rings is 1. The van der Waals surface area contributed by atoms with Crippen molar-refractivity contribution in [1.29, 1.82) is 5.26 Å². The van der Waals surface area contributed by atoms with Crippen LogP contribution in [0.2, 0.25) is 0 Å². The summed E-state index contributed by atoms with van der Waals surface area (Å²) >= 11 is 0. The summed E-state index contributed by atoms with van der Waals surface area (Å²) in [6.07, 6.45) is -8.32. The smallest absolute Gasteiger partial charge is 0.475 e. The van der Waals surface area contributed by atoms with E-state index in [1.807, 2.05) is 24.5 Å². The van der Waals surface area contributed by atoms with Crippen LogP contribution in [0.3, 0.4) is 0 Å². The summed E-state index contributed by atoms with van der Waals surface area (Å²) in [5.74, 6) is -7.52. The quantitative estimate of drug-likeness (QED) is 0.330. The minimum Gasteiger partial charge on any atom is -0.475 e. The van der Waals surface area contributed by atoms with Gasteiger partial charge in [-0.15, -0.1) is 0 Å². The number of alkyl halides is 9. The highest BCUT2D eigenvalue weighted by Gasteiger charge is 2.43. The lowest BCUT2D eigenvalue weighted by Crippen LogP contribution is -2.47. The van der Waals surface area contributed by atoms with Crippen LogP contribution in [0.4, 0.5) is 45.3 Å². The Balaban J connectivity index is 0.000000430. The average Bonchev–Trinajstić information content (AvgIpc) is 3.34. The highest BCUT2D eigenvalue weighted by Crippen LogP contribution is 2.36. The van der Waals surface area contributed by atoms with Gasteiger partial charge < -0.3 is 25.4 Å². The first-order valence-electron chi connectivity index (χ1n) is 12.9. The van der Waals surface area contributed by atoms with Crippen LogP contribution in [0, 0.1) is 11.3 Å². The van der Waals surface area contributed by atoms with Crippen molar-refractivity contribution in [1.82, 2.24) is 14.9 Å². The number of likely N-dealkylation sites (tertiary alicyclic amines) is 1. The Bertz CT molecular complexity index is 1310. The molecule has 0 bridgehead atoms. The number of pyridine rings is 2. The lowest BCUT2D eigenvalue weighted by atomic mass is 9.88. The van der Waals surface area contributed by atoms with Crippen molar-refractivity contribution < 1.29 is 74.0 Å². The number of aromatic nitrogens is 2. The number of nitrogens with zero attached hydrogens (tertiary/aromatic N) is 4. The van der Waals surface area contributed by atoms with Crippen molar-refractivity contribution in [3.63, 3.8) is 0 Å². The molecule has 0 radical (unpaired) electrons. The summed E-state index contributed by atoms with van der Waals surface area (Å²) in [4.78, 5) is 37.6. The van der Waals surface area contributed by atoms with Gasteiger partial charge in [0.15, 0.2) is 0 Å². The molecule has 4 heterocycles. The van der Waals surface area contributed by atoms with Crippen LogP contribution in [0.25, 0.3) is 0 Å². The topological polar surface area (TPSA) is 186 Å². The van der Waals surface area contributed by atoms with E-state index >= 15 is 0 Å². The third-order valence-electron chi connectivity index (χ3n) is 5.93. The minimum absolute atomic E-state index is 0.0736. The Hall–Kier alpha value is -4.71. The van der Waals surface area contributed by atoms with Gasteiger partial charge in [-0.2, -0.15) is 44.8 Å². The van der Waals surface area contributed by atoms with E-state index in [-0.39, 0.29) is 11.6 Å². The molecule has 0 aliphatic carbocycles. The third-order valence-corrected chi connectivity index (χ3v) is 5.93. The normalized spacial score (nSPS) is 19.4. The molecule has 2 fully saturated rings. The van der Waals surface area contributed by atoms with Gasteiger partial charge in [-0.1, -0.05) is 6.07 Å². The number of hydrogen-bond acceptors (Lipinski definition) is 9. The van der Waals surface area contributed by atoms with Crippen LogP contribution >= 0.6 is 0 Å². The molecule has 2 aromatic heterocycles. The van der Waals surface area contributed by atoms with Crippen LogP contribution in [0.5, 0.6) is 0 Å². The first kappa shape index (κ1) is 40.3. The molecule has 2 atom stereocenters. The number of anilines is 1. The van der Waals surface area contributed by atoms with Gasteiger partial charge in [0.05, 0.1) is 18.2 Å². The maximum Gasteiger partial charge on any atom is 0.490 e. The van der Waals surface area contributed by atoms with Crippen LogP contribution in [-0.4, -0.2) is 98.0 Å². The molecule has 4 N–H and O–H groups in total. The number of ether oxygens (including phenoxy) is 1. The van der Waals surface area contributed by atoms with Gasteiger partial charge in [0.1, 0.15) is 17.6 Å². The van der Waals surface area contributed by atoms with E-state index in [4.69, 9.17) is 39.7 Å². The van der Waals surface area contributed by atoms with Crippen molar-refractivity contribution in [2.45, 2.75) is 56.0 Å². The van der Waals surface area contributed by atoms with E-state index in [1.165, 1.54) is 5.56 Å². The summed E-state index contributed by atoms with van der Waals surface area (Å²) in [5.41, 5.74) is 1.66. The van der Waals surface area contributed by atoms with E-state index in [2.05, 4.69) is 38.4 Å². The summed E-state index contributed by atoms with van der Waals surface area (Å²) in [7, 11) is 0. The van der Waals surface area contributed by atoms with Crippen molar-refractivity contribution in [3.8, 4) is 6.07 Å². The number of carboxylic acid groups (broad SMARTS) is 3. The number of aliphatic carboxylic acids is 3. The summed E-state index contributed by atoms with van der Waals surface area (Å²) in [6, 6.07) is 12.0. The van der Waals surface area contributed by atoms with Crippen LogP contribution < -0.4 is 5.32 Å². The van der Waals surface area contributed by atoms with E-state index < -0.39 is 36.4 Å². The van der Waals surface area contributed by atoms with E-state index in [9.17, 15) is 39.5 Å². The number of carboxylic acids is 3. The Morgan fingerprint density at radius 3 is 1.91 bits per heavy atom. The highest BCUT2D eigenvalue weighted by molar-refractivity contribution is 5.73. The second kappa shape index (κ2) is 17.3. The van der Waals surface area contributed by atoms with Crippen molar-refractivity contribution in [2.75, 3.05) is 25.0 Å². The Labute approximate surface area is 259 Å². The van der Waals surface area contributed by atoms with Gasteiger partial charge in [0, 0.05) is 31.9 Å². The summed E-state index contributed by atoms with van der Waals surface area (Å²) in [5, 5.41) is 33.8. The van der Waals surface area contributed by atoms with Crippen molar-refractivity contribution >= 4 is 23.7 Å². The fraction of sp³-hybridized carbons (Fsp3) is 0.462. The predicted molar refractivity (Wildman–Crippen MR) is 139 cm³/mol. The molecular formula is C26H26F9N5O7. The maximum absolute atomic E-state index is 10.6. The molecule has 2 aliphatic rings. The highest BCUT2D eigenvalue weighted by atomic mass is 19.4. The molecule has 4 rings (SSSR count). The lowest BCUT2D eigenvalue weighted by Gasteiger charge is -2.39. The molecule has 0 aromatic carbocycles. The SMILES string of the molecule is N#Cc1cccc(NC2COC3(CCCN(Cc4ccncc4)C3)C2)n1.O=C(O)C(F)(F)F.O=C(O)C(F)(F)F.O=C(O)C(F)(F)F. The van der Waals surface area contributed by atoms with Crippen LogP contribution in [0.15, 0.2) is 42.7 Å². The molecule has 0 saturated carbocycles. The summed E-state index contributed by atoms with van der Waals surface area (Å²) < 4.78 is 101. The zero-order valence-corrected chi connectivity index (χ0v) is 23.7. The molecule has 260 valence electrons. The van der Waals surface area contributed by atoms with Gasteiger partial charge in [0.2, 0.25) is 0 Å². The van der Waals surface area contributed by atoms with Crippen LogP contribution in [0.1, 0.15) is 30.5 Å². The molecule has 2 aliphatic heterocycles. The monoisotopic (exact) mass is 691 g/mol. The van der Waals surface area contributed by atoms with Gasteiger partial charge in [-0.25, -0.2) is 19.4 Å². The number of rotatable bonds is 4. The molecule has 21 heteroatoms. The second-order valence-electron chi connectivity index (χ2n) is 9.64. The van der Waals surface area contributed by atoms with Crippen LogP contribution in [-0.2, 0) is 25.7 Å². The lowest BCUT2D eigenvalue weighted by molar-refractivity contribution is -0.193. The van der Waals surface area contributed by atoms with Gasteiger partial charge in [-0.05, 0) is 49.2 Å². The maximum atomic E-state index is 10.6. The fourth-order valence-electron chi connectivity index (χ4n) is 4.08. The standard InChI is InChI=1S/C20H23N5O.3C2HF3O2/c21-12-17-3-1-4-19(23-17)24-18-11-20(26-14-18)7-2-10-25(15-20)13-16-5-8-22-9-6-16;3*3-2(4,5)1(6)7/h1,3-6,8-9,18H,2,7,10-11,13-15H2,(H,23,24);3*(H,6,7). The summed E-state index contributed by atoms with van der Waals surface area (Å²) in [6.45, 7) is 3.69. The first-order valence-corrected chi connectivity index (χ1v) is 12.9. The molecule has 0 amide bonds. The largest absolute Gasteiger partial charge is 0.490 e. The molecule has 12 nitrogen and oxygen atoms in total. The number of nitrogens with one attached hydrogen (secondary N) is 1. The predicted octanol–water partition coefficient (Wildman–Crippen LogP) is 4.48. The third kappa shape index (κ3) is 15.4. The molecule has 2 saturated heterocycles.